The number of hydrogen-bond donors (Lipinski definition) is 2. The van der Waals surface area contributed by atoms with Gasteiger partial charge in [0.1, 0.15) is 16.9 Å². The summed E-state index contributed by atoms with van der Waals surface area (Å²) in [6.07, 6.45) is 0. The van der Waals surface area contributed by atoms with Crippen LogP contribution in [0.3, 0.4) is 0 Å². The van der Waals surface area contributed by atoms with Crippen molar-refractivity contribution in [2.45, 2.75) is 12.3 Å². The summed E-state index contributed by atoms with van der Waals surface area (Å²) in [4.78, 5) is 22.4. The lowest BCUT2D eigenvalue weighted by molar-refractivity contribution is -0.118. The summed E-state index contributed by atoms with van der Waals surface area (Å²) < 4.78 is 18.8. The fourth-order valence-electron chi connectivity index (χ4n) is 1.43. The SMILES string of the molecule is CC(Cl)C(=O)Nc1cc2c(cc1F)NC(=O)CO2. The van der Waals surface area contributed by atoms with E-state index < -0.39 is 17.1 Å². The molecule has 5 nitrogen and oxygen atoms in total. The molecule has 1 aliphatic rings. The lowest BCUT2D eigenvalue weighted by Gasteiger charge is -2.19. The average molecular weight is 273 g/mol. The number of hydrogen-bond acceptors (Lipinski definition) is 3. The number of ether oxygens (including phenoxy) is 1. The van der Waals surface area contributed by atoms with Crippen molar-refractivity contribution in [3.63, 3.8) is 0 Å². The molecule has 1 heterocycles. The summed E-state index contributed by atoms with van der Waals surface area (Å²) in [5.41, 5.74) is 0.197. The molecule has 0 aliphatic carbocycles. The van der Waals surface area contributed by atoms with Gasteiger partial charge in [-0.25, -0.2) is 4.39 Å². The summed E-state index contributed by atoms with van der Waals surface area (Å²) in [7, 11) is 0. The molecule has 96 valence electrons. The van der Waals surface area contributed by atoms with E-state index in [0.29, 0.717) is 5.75 Å². The van der Waals surface area contributed by atoms with Crippen molar-refractivity contribution < 1.29 is 18.7 Å². The number of anilines is 2. The standard InChI is InChI=1S/C11H10ClFN2O3/c1-5(12)11(17)15-7-3-9-8(2-6(7)13)14-10(16)4-18-9/h2-3,5H,4H2,1H3,(H,14,16)(H,15,17). The highest BCUT2D eigenvalue weighted by Gasteiger charge is 2.20. The Bertz CT molecular complexity index is 519. The van der Waals surface area contributed by atoms with Crippen molar-refractivity contribution >= 4 is 34.8 Å². The fraction of sp³-hybridized carbons (Fsp3) is 0.273. The van der Waals surface area contributed by atoms with Gasteiger partial charge in [0, 0.05) is 12.1 Å². The normalized spacial score (nSPS) is 15.2. The highest BCUT2D eigenvalue weighted by molar-refractivity contribution is 6.32. The predicted octanol–water partition coefficient (Wildman–Crippen LogP) is 1.72. The fourth-order valence-corrected chi connectivity index (χ4v) is 1.48. The third-order valence-electron chi connectivity index (χ3n) is 2.32. The zero-order valence-corrected chi connectivity index (χ0v) is 10.2. The number of benzene rings is 1. The van der Waals surface area contributed by atoms with Crippen molar-refractivity contribution in [3.8, 4) is 5.75 Å². The molecule has 0 spiro atoms. The second-order valence-electron chi connectivity index (χ2n) is 3.77. The monoisotopic (exact) mass is 272 g/mol. The number of fused-ring (bicyclic) bond motifs is 1. The number of alkyl halides is 1. The van der Waals surface area contributed by atoms with Gasteiger partial charge in [0.25, 0.3) is 5.91 Å². The van der Waals surface area contributed by atoms with Crippen LogP contribution in [-0.4, -0.2) is 23.8 Å². The molecule has 7 heteroatoms. The molecule has 1 unspecified atom stereocenters. The van der Waals surface area contributed by atoms with Crippen LogP contribution >= 0.6 is 11.6 Å². The first-order valence-electron chi connectivity index (χ1n) is 5.18. The Kier molecular flexibility index (Phi) is 3.38. The van der Waals surface area contributed by atoms with Gasteiger partial charge in [0.2, 0.25) is 5.91 Å². The maximum atomic E-state index is 13.7. The summed E-state index contributed by atoms with van der Waals surface area (Å²) in [6, 6.07) is 2.39. The Labute approximate surface area is 107 Å². The molecule has 1 aromatic rings. The summed E-state index contributed by atoms with van der Waals surface area (Å²) >= 11 is 5.57. The topological polar surface area (TPSA) is 67.4 Å². The van der Waals surface area contributed by atoms with Gasteiger partial charge in [0.15, 0.2) is 6.61 Å². The molecule has 0 fully saturated rings. The van der Waals surface area contributed by atoms with E-state index in [4.69, 9.17) is 16.3 Å². The van der Waals surface area contributed by atoms with Gasteiger partial charge in [0.05, 0.1) is 11.4 Å². The molecule has 0 bridgehead atoms. The van der Waals surface area contributed by atoms with Gasteiger partial charge < -0.3 is 15.4 Å². The van der Waals surface area contributed by atoms with Crippen LogP contribution in [-0.2, 0) is 9.59 Å². The van der Waals surface area contributed by atoms with Crippen LogP contribution in [0.1, 0.15) is 6.92 Å². The van der Waals surface area contributed by atoms with Crippen molar-refractivity contribution in [1.82, 2.24) is 0 Å². The average Bonchev–Trinajstić information content (AvgIpc) is 2.30. The molecule has 0 radical (unpaired) electrons. The quantitative estimate of drug-likeness (QED) is 0.806. The van der Waals surface area contributed by atoms with E-state index >= 15 is 0 Å². The molecule has 2 amide bonds. The first kappa shape index (κ1) is 12.6. The van der Waals surface area contributed by atoms with Gasteiger partial charge >= 0.3 is 0 Å². The lowest BCUT2D eigenvalue weighted by Crippen LogP contribution is -2.26. The number of carbonyl (C=O) groups excluding carboxylic acids is 2. The molecule has 2 N–H and O–H groups in total. The molecule has 1 aliphatic heterocycles. The third-order valence-corrected chi connectivity index (χ3v) is 2.52. The van der Waals surface area contributed by atoms with Gasteiger partial charge in [-0.15, -0.1) is 11.6 Å². The molecule has 2 rings (SSSR count). The number of carbonyl (C=O) groups is 2. The zero-order chi connectivity index (χ0) is 13.3. The highest BCUT2D eigenvalue weighted by atomic mass is 35.5. The van der Waals surface area contributed by atoms with Crippen LogP contribution < -0.4 is 15.4 Å². The molecule has 1 atom stereocenters. The summed E-state index contributed by atoms with van der Waals surface area (Å²) in [6.45, 7) is 1.34. The molecule has 18 heavy (non-hydrogen) atoms. The van der Waals surface area contributed by atoms with Gasteiger partial charge in [-0.1, -0.05) is 0 Å². The Morgan fingerprint density at radius 1 is 1.61 bits per heavy atom. The van der Waals surface area contributed by atoms with Crippen LogP contribution in [0, 0.1) is 5.82 Å². The van der Waals surface area contributed by atoms with Gasteiger partial charge in [-0.3, -0.25) is 9.59 Å². The van der Waals surface area contributed by atoms with E-state index in [9.17, 15) is 14.0 Å². The van der Waals surface area contributed by atoms with Crippen LogP contribution in [0.15, 0.2) is 12.1 Å². The number of nitrogens with one attached hydrogen (secondary N) is 2. The van der Waals surface area contributed by atoms with E-state index in [-0.39, 0.29) is 23.9 Å². The minimum atomic E-state index is -0.777. The molecule has 1 aromatic carbocycles. The highest BCUT2D eigenvalue weighted by Crippen LogP contribution is 2.33. The number of halogens is 2. The predicted molar refractivity (Wildman–Crippen MR) is 64.5 cm³/mol. The maximum absolute atomic E-state index is 13.7. The maximum Gasteiger partial charge on any atom is 0.262 e. The zero-order valence-electron chi connectivity index (χ0n) is 9.42. The van der Waals surface area contributed by atoms with E-state index in [0.717, 1.165) is 6.07 Å². The molecule has 0 saturated heterocycles. The Hall–Kier alpha value is -1.82. The first-order chi connectivity index (χ1) is 8.47. The van der Waals surface area contributed by atoms with Crippen molar-refractivity contribution in [2.75, 3.05) is 17.2 Å². The smallest absolute Gasteiger partial charge is 0.262 e. The van der Waals surface area contributed by atoms with Crippen molar-refractivity contribution in [3.05, 3.63) is 17.9 Å². The Balaban J connectivity index is 2.28. The van der Waals surface area contributed by atoms with E-state index in [1.807, 2.05) is 0 Å². The summed E-state index contributed by atoms with van der Waals surface area (Å²) in [5.74, 6) is -1.25. The van der Waals surface area contributed by atoms with Crippen LogP contribution in [0.4, 0.5) is 15.8 Å². The van der Waals surface area contributed by atoms with E-state index in [1.165, 1.54) is 13.0 Å². The number of rotatable bonds is 2. The second kappa shape index (κ2) is 4.81. The van der Waals surface area contributed by atoms with Crippen molar-refractivity contribution in [2.24, 2.45) is 0 Å². The minimum Gasteiger partial charge on any atom is -0.481 e. The van der Waals surface area contributed by atoms with Crippen molar-refractivity contribution in [1.29, 1.82) is 0 Å². The summed E-state index contributed by atoms with van der Waals surface area (Å²) in [5, 5.41) is 4.02. The van der Waals surface area contributed by atoms with Crippen LogP contribution in [0.5, 0.6) is 5.75 Å². The second-order valence-corrected chi connectivity index (χ2v) is 4.42. The molecule has 0 aromatic heterocycles. The van der Waals surface area contributed by atoms with E-state index in [2.05, 4.69) is 10.6 Å². The van der Waals surface area contributed by atoms with Crippen LogP contribution in [0.2, 0.25) is 0 Å². The molecule has 0 saturated carbocycles. The molecular formula is C11H10ClFN2O3. The third kappa shape index (κ3) is 2.53. The lowest BCUT2D eigenvalue weighted by atomic mass is 10.2. The molecular weight excluding hydrogens is 263 g/mol. The Morgan fingerprint density at radius 2 is 2.33 bits per heavy atom. The largest absolute Gasteiger partial charge is 0.481 e. The van der Waals surface area contributed by atoms with Gasteiger partial charge in [-0.05, 0) is 6.92 Å². The van der Waals surface area contributed by atoms with Crippen LogP contribution in [0.25, 0.3) is 0 Å². The number of amides is 2. The van der Waals surface area contributed by atoms with E-state index in [1.54, 1.807) is 0 Å². The Morgan fingerprint density at radius 3 is 3.00 bits per heavy atom. The van der Waals surface area contributed by atoms with Gasteiger partial charge in [-0.2, -0.15) is 0 Å². The minimum absolute atomic E-state index is 0.0394. The first-order valence-corrected chi connectivity index (χ1v) is 5.62.